The number of nitrogens with one attached hydrogen (secondary N) is 1. The van der Waals surface area contributed by atoms with Crippen LogP contribution in [0.2, 0.25) is 0 Å². The fraction of sp³-hybridized carbons (Fsp3) is 0.333. The molecule has 0 radical (unpaired) electrons. The summed E-state index contributed by atoms with van der Waals surface area (Å²) in [5, 5.41) is 3.48. The van der Waals surface area contributed by atoms with Gasteiger partial charge in [-0.15, -0.1) is 0 Å². The summed E-state index contributed by atoms with van der Waals surface area (Å²) in [6, 6.07) is 10.5. The molecule has 1 N–H and O–H groups in total. The van der Waals surface area contributed by atoms with E-state index in [-0.39, 0.29) is 6.04 Å². The largest absolute Gasteiger partial charge is 0.467 e. The molecule has 17 heavy (non-hydrogen) atoms. The van der Waals surface area contributed by atoms with Crippen molar-refractivity contribution in [3.8, 4) is 0 Å². The first-order valence-electron chi connectivity index (χ1n) is 6.07. The predicted molar refractivity (Wildman–Crippen MR) is 70.1 cm³/mol. The molecule has 1 aromatic carbocycles. The number of aryl methyl sites for hydroxylation is 1. The molecular weight excluding hydrogens is 210 g/mol. The van der Waals surface area contributed by atoms with Gasteiger partial charge in [0.25, 0.3) is 0 Å². The Labute approximate surface area is 103 Å². The predicted octanol–water partition coefficient (Wildman–Crippen LogP) is 3.60. The van der Waals surface area contributed by atoms with E-state index in [1.165, 1.54) is 16.7 Å². The van der Waals surface area contributed by atoms with E-state index in [0.717, 1.165) is 12.3 Å². The molecule has 90 valence electrons. The number of rotatable bonds is 4. The summed E-state index contributed by atoms with van der Waals surface area (Å²) in [5.74, 6) is 0.973. The molecule has 0 bridgehead atoms. The third-order valence-corrected chi connectivity index (χ3v) is 3.19. The van der Waals surface area contributed by atoms with Crippen molar-refractivity contribution < 1.29 is 4.42 Å². The quantitative estimate of drug-likeness (QED) is 0.866. The van der Waals surface area contributed by atoms with Gasteiger partial charge in [0, 0.05) is 0 Å². The highest BCUT2D eigenvalue weighted by Gasteiger charge is 2.17. The Balaban J connectivity index is 2.43. The molecule has 1 unspecified atom stereocenters. The molecule has 1 heterocycles. The molecule has 0 fully saturated rings. The summed E-state index contributed by atoms with van der Waals surface area (Å²) in [6.07, 6.45) is 1.73. The maximum Gasteiger partial charge on any atom is 0.125 e. The van der Waals surface area contributed by atoms with Crippen LogP contribution in [0.5, 0.6) is 0 Å². The molecular formula is C15H19NO. The number of furan rings is 1. The van der Waals surface area contributed by atoms with Gasteiger partial charge in [-0.25, -0.2) is 0 Å². The van der Waals surface area contributed by atoms with Crippen molar-refractivity contribution in [2.75, 3.05) is 6.54 Å². The lowest BCUT2D eigenvalue weighted by molar-refractivity contribution is 0.451. The van der Waals surface area contributed by atoms with E-state index in [1.54, 1.807) is 6.26 Å². The van der Waals surface area contributed by atoms with Crippen molar-refractivity contribution in [3.63, 3.8) is 0 Å². The molecule has 0 aliphatic rings. The summed E-state index contributed by atoms with van der Waals surface area (Å²) in [4.78, 5) is 0. The Hall–Kier alpha value is -1.54. The molecule has 2 aromatic rings. The van der Waals surface area contributed by atoms with Gasteiger partial charge < -0.3 is 9.73 Å². The van der Waals surface area contributed by atoms with Gasteiger partial charge in [0.1, 0.15) is 5.76 Å². The minimum Gasteiger partial charge on any atom is -0.467 e. The van der Waals surface area contributed by atoms with Gasteiger partial charge in [-0.1, -0.05) is 25.1 Å². The highest BCUT2D eigenvalue weighted by Crippen LogP contribution is 2.26. The second-order valence-electron chi connectivity index (χ2n) is 4.30. The minimum absolute atomic E-state index is 0.148. The van der Waals surface area contributed by atoms with Crippen LogP contribution >= 0.6 is 0 Å². The van der Waals surface area contributed by atoms with Crippen LogP contribution in [-0.4, -0.2) is 6.54 Å². The van der Waals surface area contributed by atoms with Crippen molar-refractivity contribution in [1.82, 2.24) is 5.32 Å². The molecule has 0 aliphatic heterocycles. The van der Waals surface area contributed by atoms with Crippen molar-refractivity contribution in [2.45, 2.75) is 26.8 Å². The standard InChI is InChI=1S/C15H19NO/c1-4-16-15(14-9-6-10-17-14)13-8-5-7-11(2)12(13)3/h5-10,15-16H,4H2,1-3H3. The molecule has 2 nitrogen and oxygen atoms in total. The highest BCUT2D eigenvalue weighted by molar-refractivity contribution is 5.38. The summed E-state index contributed by atoms with van der Waals surface area (Å²) in [6.45, 7) is 7.34. The van der Waals surface area contributed by atoms with Gasteiger partial charge in [-0.05, 0) is 49.2 Å². The molecule has 0 saturated carbocycles. The minimum atomic E-state index is 0.148. The van der Waals surface area contributed by atoms with E-state index < -0.39 is 0 Å². The molecule has 1 atom stereocenters. The van der Waals surface area contributed by atoms with Crippen molar-refractivity contribution in [2.24, 2.45) is 0 Å². The monoisotopic (exact) mass is 229 g/mol. The van der Waals surface area contributed by atoms with Crippen LogP contribution < -0.4 is 5.32 Å². The lowest BCUT2D eigenvalue weighted by Gasteiger charge is -2.19. The zero-order valence-electron chi connectivity index (χ0n) is 10.7. The van der Waals surface area contributed by atoms with Crippen LogP contribution in [0, 0.1) is 13.8 Å². The van der Waals surface area contributed by atoms with Gasteiger partial charge >= 0.3 is 0 Å². The SMILES string of the molecule is CCNC(c1ccco1)c1cccc(C)c1C. The maximum atomic E-state index is 5.53. The summed E-state index contributed by atoms with van der Waals surface area (Å²) in [5.41, 5.74) is 3.94. The molecule has 0 amide bonds. The van der Waals surface area contributed by atoms with Crippen LogP contribution in [0.4, 0.5) is 0 Å². The van der Waals surface area contributed by atoms with E-state index in [2.05, 4.69) is 44.3 Å². The smallest absolute Gasteiger partial charge is 0.125 e. The molecule has 0 aliphatic carbocycles. The Morgan fingerprint density at radius 2 is 2.00 bits per heavy atom. The van der Waals surface area contributed by atoms with Crippen molar-refractivity contribution in [3.05, 3.63) is 59.0 Å². The third kappa shape index (κ3) is 2.42. The Morgan fingerprint density at radius 3 is 2.65 bits per heavy atom. The van der Waals surface area contributed by atoms with Gasteiger partial charge in [0.15, 0.2) is 0 Å². The van der Waals surface area contributed by atoms with Gasteiger partial charge in [-0.2, -0.15) is 0 Å². The summed E-state index contributed by atoms with van der Waals surface area (Å²) < 4.78 is 5.53. The van der Waals surface area contributed by atoms with E-state index in [1.807, 2.05) is 12.1 Å². The fourth-order valence-electron chi connectivity index (χ4n) is 2.11. The van der Waals surface area contributed by atoms with Crippen LogP contribution in [0.1, 0.15) is 35.4 Å². The number of hydrogen-bond acceptors (Lipinski definition) is 2. The van der Waals surface area contributed by atoms with Crippen LogP contribution in [0.25, 0.3) is 0 Å². The average molecular weight is 229 g/mol. The molecule has 0 spiro atoms. The first-order valence-corrected chi connectivity index (χ1v) is 6.07. The Morgan fingerprint density at radius 1 is 1.18 bits per heavy atom. The van der Waals surface area contributed by atoms with Gasteiger partial charge in [0.2, 0.25) is 0 Å². The van der Waals surface area contributed by atoms with Crippen LogP contribution in [0.15, 0.2) is 41.0 Å². The first-order chi connectivity index (χ1) is 8.24. The van der Waals surface area contributed by atoms with E-state index in [0.29, 0.717) is 0 Å². The average Bonchev–Trinajstić information content (AvgIpc) is 2.84. The highest BCUT2D eigenvalue weighted by atomic mass is 16.3. The zero-order valence-corrected chi connectivity index (χ0v) is 10.7. The normalized spacial score (nSPS) is 12.6. The van der Waals surface area contributed by atoms with E-state index in [4.69, 9.17) is 4.42 Å². The maximum absolute atomic E-state index is 5.53. The van der Waals surface area contributed by atoms with E-state index in [9.17, 15) is 0 Å². The third-order valence-electron chi connectivity index (χ3n) is 3.19. The first kappa shape index (κ1) is 11.9. The summed E-state index contributed by atoms with van der Waals surface area (Å²) in [7, 11) is 0. The molecule has 2 rings (SSSR count). The van der Waals surface area contributed by atoms with Crippen molar-refractivity contribution >= 4 is 0 Å². The van der Waals surface area contributed by atoms with E-state index >= 15 is 0 Å². The Kier molecular flexibility index (Phi) is 3.64. The molecule has 0 saturated heterocycles. The lowest BCUT2D eigenvalue weighted by Crippen LogP contribution is -2.22. The number of hydrogen-bond donors (Lipinski definition) is 1. The summed E-state index contributed by atoms with van der Waals surface area (Å²) >= 11 is 0. The van der Waals surface area contributed by atoms with Crippen LogP contribution in [-0.2, 0) is 0 Å². The second kappa shape index (κ2) is 5.19. The van der Waals surface area contributed by atoms with Gasteiger partial charge in [0.05, 0.1) is 12.3 Å². The van der Waals surface area contributed by atoms with Gasteiger partial charge in [-0.3, -0.25) is 0 Å². The zero-order chi connectivity index (χ0) is 12.3. The molecule has 2 heteroatoms. The second-order valence-corrected chi connectivity index (χ2v) is 4.30. The topological polar surface area (TPSA) is 25.2 Å². The fourth-order valence-corrected chi connectivity index (χ4v) is 2.11. The van der Waals surface area contributed by atoms with Crippen molar-refractivity contribution in [1.29, 1.82) is 0 Å². The molecule has 1 aromatic heterocycles. The number of benzene rings is 1. The lowest BCUT2D eigenvalue weighted by atomic mass is 9.96. The van der Waals surface area contributed by atoms with Crippen LogP contribution in [0.3, 0.4) is 0 Å². The Bertz CT molecular complexity index is 474.